The summed E-state index contributed by atoms with van der Waals surface area (Å²) in [6, 6.07) is 11.1. The third-order valence-corrected chi connectivity index (χ3v) is 3.94. The fourth-order valence-corrected chi connectivity index (χ4v) is 2.64. The van der Waals surface area contributed by atoms with E-state index in [1.807, 2.05) is 30.3 Å². The second kappa shape index (κ2) is 6.54. The smallest absolute Gasteiger partial charge is 0.295 e. The molecule has 1 aliphatic rings. The van der Waals surface area contributed by atoms with Crippen LogP contribution in [0.25, 0.3) is 0 Å². The molecule has 0 unspecified atom stereocenters. The highest BCUT2D eigenvalue weighted by molar-refractivity contribution is 5.31. The van der Waals surface area contributed by atoms with Gasteiger partial charge in [0.05, 0.1) is 6.61 Å². The number of hydrogen-bond acceptors (Lipinski definition) is 6. The maximum absolute atomic E-state index is 12.2. The molecule has 2 heterocycles. The molecule has 0 radical (unpaired) electrons. The predicted molar refractivity (Wildman–Crippen MR) is 81.3 cm³/mol. The Morgan fingerprint density at radius 2 is 1.83 bits per heavy atom. The minimum Gasteiger partial charge on any atom is -0.456 e. The molecule has 122 valence electrons. The third-order valence-electron chi connectivity index (χ3n) is 3.94. The molecule has 23 heavy (non-hydrogen) atoms. The number of fused-ring (bicyclic) bond motifs is 1. The van der Waals surface area contributed by atoms with Crippen molar-refractivity contribution in [3.05, 3.63) is 63.5 Å². The van der Waals surface area contributed by atoms with Crippen molar-refractivity contribution in [2.75, 3.05) is 6.61 Å². The zero-order chi connectivity index (χ0) is 16.4. The molecular weight excluding hydrogens is 300 g/mol. The average Bonchev–Trinajstić information content (AvgIpc) is 2.56. The first kappa shape index (κ1) is 15.7. The summed E-state index contributed by atoms with van der Waals surface area (Å²) in [5, 5.41) is 29.0. The number of hydrogen-bond donors (Lipinski definition) is 3. The first-order valence-electron chi connectivity index (χ1n) is 7.44. The molecule has 0 spiro atoms. The van der Waals surface area contributed by atoms with E-state index in [4.69, 9.17) is 9.15 Å². The van der Waals surface area contributed by atoms with Crippen molar-refractivity contribution in [1.29, 1.82) is 0 Å². The molecule has 0 saturated heterocycles. The van der Waals surface area contributed by atoms with Crippen molar-refractivity contribution in [3.63, 3.8) is 0 Å². The largest absolute Gasteiger partial charge is 0.456 e. The van der Waals surface area contributed by atoms with Gasteiger partial charge in [-0.1, -0.05) is 30.3 Å². The molecule has 3 rings (SSSR count). The molecule has 0 bridgehead atoms. The van der Waals surface area contributed by atoms with E-state index in [0.717, 1.165) is 5.56 Å². The van der Waals surface area contributed by atoms with Gasteiger partial charge >= 0.3 is 0 Å². The van der Waals surface area contributed by atoms with Gasteiger partial charge in [-0.3, -0.25) is 4.79 Å². The lowest BCUT2D eigenvalue weighted by Gasteiger charge is -2.31. The zero-order valence-electron chi connectivity index (χ0n) is 12.4. The van der Waals surface area contributed by atoms with Crippen LogP contribution in [-0.4, -0.2) is 34.1 Å². The van der Waals surface area contributed by atoms with Crippen LogP contribution in [0.3, 0.4) is 0 Å². The Morgan fingerprint density at radius 3 is 2.52 bits per heavy atom. The van der Waals surface area contributed by atoms with Crippen LogP contribution in [0.2, 0.25) is 0 Å². The first-order chi connectivity index (χ1) is 11.1. The van der Waals surface area contributed by atoms with Gasteiger partial charge in [-0.25, -0.2) is 0 Å². The average molecular weight is 318 g/mol. The Labute approximate surface area is 132 Å². The number of aliphatic hydroxyl groups excluding tert-OH is 3. The van der Waals surface area contributed by atoms with Crippen molar-refractivity contribution < 1.29 is 24.5 Å². The molecule has 2 aromatic rings. The van der Waals surface area contributed by atoms with Gasteiger partial charge in [-0.2, -0.15) is 0 Å². The molecule has 0 aliphatic carbocycles. The van der Waals surface area contributed by atoms with Crippen LogP contribution in [-0.2, 0) is 12.8 Å². The van der Waals surface area contributed by atoms with Gasteiger partial charge in [-0.15, -0.1) is 0 Å². The van der Waals surface area contributed by atoms with E-state index < -0.39 is 30.3 Å². The second-order valence-electron chi connectivity index (χ2n) is 5.54. The van der Waals surface area contributed by atoms with Crippen LogP contribution in [0.5, 0.6) is 5.95 Å². The fourth-order valence-electron chi connectivity index (χ4n) is 2.64. The van der Waals surface area contributed by atoms with Crippen molar-refractivity contribution in [1.82, 2.24) is 0 Å². The summed E-state index contributed by atoms with van der Waals surface area (Å²) >= 11 is 0. The Kier molecular flexibility index (Phi) is 4.47. The third kappa shape index (κ3) is 3.14. The van der Waals surface area contributed by atoms with E-state index in [-0.39, 0.29) is 11.5 Å². The monoisotopic (exact) mass is 318 g/mol. The van der Waals surface area contributed by atoms with Crippen molar-refractivity contribution in [2.24, 2.45) is 0 Å². The molecule has 1 aromatic carbocycles. The minimum atomic E-state index is -1.43. The zero-order valence-corrected chi connectivity index (χ0v) is 12.4. The van der Waals surface area contributed by atoms with E-state index in [1.165, 1.54) is 6.07 Å². The topological polar surface area (TPSA) is 100 Å². The molecule has 0 fully saturated rings. The predicted octanol–water partition coefficient (Wildman–Crippen LogP) is 0.573. The summed E-state index contributed by atoms with van der Waals surface area (Å²) in [5.41, 5.74) is 0.556. The van der Waals surface area contributed by atoms with Crippen LogP contribution in [0, 0.1) is 0 Å². The quantitative estimate of drug-likeness (QED) is 0.762. The Balaban J connectivity index is 1.85. The SMILES string of the molecule is O=c1cc(CCc2ccccc2)oc2c1[C@@H](O)[C@H](O)[C@@H](CO)O2. The van der Waals surface area contributed by atoms with Crippen LogP contribution in [0.1, 0.15) is 23.0 Å². The minimum absolute atomic E-state index is 0.106. The Morgan fingerprint density at radius 1 is 1.09 bits per heavy atom. The highest BCUT2D eigenvalue weighted by atomic mass is 16.6. The van der Waals surface area contributed by atoms with Crippen LogP contribution in [0.4, 0.5) is 0 Å². The maximum Gasteiger partial charge on any atom is 0.295 e. The molecule has 6 heteroatoms. The first-order valence-corrected chi connectivity index (χ1v) is 7.44. The molecule has 1 aromatic heterocycles. The number of ether oxygens (including phenoxy) is 1. The molecule has 0 saturated carbocycles. The van der Waals surface area contributed by atoms with Gasteiger partial charge in [0.15, 0.2) is 11.5 Å². The van der Waals surface area contributed by atoms with Crippen molar-refractivity contribution in [2.45, 2.75) is 31.2 Å². The lowest BCUT2D eigenvalue weighted by Crippen LogP contribution is -2.44. The summed E-state index contributed by atoms with van der Waals surface area (Å²) in [6.45, 7) is -0.490. The van der Waals surface area contributed by atoms with Crippen molar-refractivity contribution in [3.8, 4) is 5.95 Å². The summed E-state index contributed by atoms with van der Waals surface area (Å²) in [6.07, 6.45) is -2.64. The van der Waals surface area contributed by atoms with Gasteiger partial charge in [0.1, 0.15) is 23.5 Å². The van der Waals surface area contributed by atoms with Crippen LogP contribution in [0.15, 0.2) is 45.6 Å². The van der Waals surface area contributed by atoms with Gasteiger partial charge in [0.2, 0.25) is 0 Å². The van der Waals surface area contributed by atoms with E-state index in [0.29, 0.717) is 18.6 Å². The number of benzene rings is 1. The molecular formula is C17H18O6. The molecule has 3 N–H and O–H groups in total. The van der Waals surface area contributed by atoms with Crippen LogP contribution >= 0.6 is 0 Å². The Hall–Kier alpha value is -2.15. The maximum atomic E-state index is 12.2. The summed E-state index contributed by atoms with van der Waals surface area (Å²) in [5.74, 6) is 0.301. The van der Waals surface area contributed by atoms with Gasteiger partial charge < -0.3 is 24.5 Å². The normalized spacial score (nSPS) is 23.2. The lowest BCUT2D eigenvalue weighted by atomic mass is 9.98. The molecule has 1 aliphatic heterocycles. The van der Waals surface area contributed by atoms with Crippen LogP contribution < -0.4 is 10.2 Å². The number of rotatable bonds is 4. The van der Waals surface area contributed by atoms with Gasteiger partial charge in [-0.05, 0) is 12.0 Å². The molecule has 0 amide bonds. The standard InChI is InChI=1S/C17H18O6/c18-9-13-15(20)16(21)14-12(19)8-11(22-17(14)23-13)7-6-10-4-2-1-3-5-10/h1-5,8,13,15-16,18,20-21H,6-7,9H2/t13-,15-,16-/m1/s1. The summed E-state index contributed by atoms with van der Waals surface area (Å²) in [7, 11) is 0. The highest BCUT2D eigenvalue weighted by Gasteiger charge is 2.39. The Bertz CT molecular complexity index is 724. The summed E-state index contributed by atoms with van der Waals surface area (Å²) in [4.78, 5) is 12.2. The van der Waals surface area contributed by atoms with Crippen molar-refractivity contribution >= 4 is 0 Å². The summed E-state index contributed by atoms with van der Waals surface area (Å²) < 4.78 is 10.9. The van der Waals surface area contributed by atoms with E-state index >= 15 is 0 Å². The molecule has 6 nitrogen and oxygen atoms in total. The lowest BCUT2D eigenvalue weighted by molar-refractivity contribution is -0.0948. The highest BCUT2D eigenvalue weighted by Crippen LogP contribution is 2.33. The number of aryl methyl sites for hydroxylation is 2. The van der Waals surface area contributed by atoms with E-state index in [9.17, 15) is 20.1 Å². The van der Waals surface area contributed by atoms with E-state index in [1.54, 1.807) is 0 Å². The van der Waals surface area contributed by atoms with Gasteiger partial charge in [0, 0.05) is 12.5 Å². The number of aliphatic hydroxyl groups is 3. The second-order valence-corrected chi connectivity index (χ2v) is 5.54. The fraction of sp³-hybridized carbons (Fsp3) is 0.353. The van der Waals surface area contributed by atoms with Gasteiger partial charge in [0.25, 0.3) is 5.95 Å². The van der Waals surface area contributed by atoms with E-state index in [2.05, 4.69) is 0 Å². The molecule has 3 atom stereocenters.